The summed E-state index contributed by atoms with van der Waals surface area (Å²) in [6, 6.07) is 8.88. The van der Waals surface area contributed by atoms with Gasteiger partial charge < -0.3 is 4.98 Å². The van der Waals surface area contributed by atoms with Crippen molar-refractivity contribution >= 4 is 10.9 Å². The Morgan fingerprint density at radius 1 is 1.20 bits per heavy atom. The topological polar surface area (TPSA) is 15.8 Å². The SMILES string of the molecule is C1=CC(c2ccc3cc[nH]c3c2)CCC1. The molecule has 0 bridgehead atoms. The van der Waals surface area contributed by atoms with Gasteiger partial charge in [-0.3, -0.25) is 0 Å². The third kappa shape index (κ3) is 1.58. The zero-order chi connectivity index (χ0) is 10.1. The van der Waals surface area contributed by atoms with E-state index >= 15 is 0 Å². The van der Waals surface area contributed by atoms with Gasteiger partial charge in [-0.1, -0.05) is 24.3 Å². The second kappa shape index (κ2) is 3.58. The minimum Gasteiger partial charge on any atom is -0.361 e. The predicted molar refractivity (Wildman–Crippen MR) is 64.0 cm³/mol. The van der Waals surface area contributed by atoms with Crippen LogP contribution in [0.4, 0.5) is 0 Å². The first kappa shape index (κ1) is 8.78. The molecule has 1 unspecified atom stereocenters. The van der Waals surface area contributed by atoms with Crippen LogP contribution in [0.2, 0.25) is 0 Å². The van der Waals surface area contributed by atoms with Crippen molar-refractivity contribution in [2.24, 2.45) is 0 Å². The molecule has 0 aliphatic heterocycles. The Morgan fingerprint density at radius 3 is 3.07 bits per heavy atom. The van der Waals surface area contributed by atoms with E-state index in [1.54, 1.807) is 0 Å². The molecule has 1 nitrogen and oxygen atoms in total. The van der Waals surface area contributed by atoms with Crippen LogP contribution in [-0.2, 0) is 0 Å². The van der Waals surface area contributed by atoms with Crippen LogP contribution >= 0.6 is 0 Å². The molecule has 1 aliphatic rings. The number of benzene rings is 1. The fourth-order valence-electron chi connectivity index (χ4n) is 2.39. The summed E-state index contributed by atoms with van der Waals surface area (Å²) in [7, 11) is 0. The van der Waals surface area contributed by atoms with E-state index in [0.717, 1.165) is 0 Å². The molecule has 1 aromatic heterocycles. The highest BCUT2D eigenvalue weighted by Gasteiger charge is 2.11. The molecule has 0 radical (unpaired) electrons. The average molecular weight is 197 g/mol. The molecule has 1 aromatic carbocycles. The van der Waals surface area contributed by atoms with Crippen molar-refractivity contribution < 1.29 is 0 Å². The maximum atomic E-state index is 3.27. The van der Waals surface area contributed by atoms with Gasteiger partial charge in [-0.25, -0.2) is 0 Å². The Kier molecular flexibility index (Phi) is 2.09. The highest BCUT2D eigenvalue weighted by Crippen LogP contribution is 2.29. The Morgan fingerprint density at radius 2 is 2.20 bits per heavy atom. The molecule has 1 atom stereocenters. The number of fused-ring (bicyclic) bond motifs is 1. The van der Waals surface area contributed by atoms with E-state index in [1.807, 2.05) is 6.20 Å². The average Bonchev–Trinajstić information content (AvgIpc) is 2.77. The largest absolute Gasteiger partial charge is 0.361 e. The number of rotatable bonds is 1. The van der Waals surface area contributed by atoms with E-state index in [9.17, 15) is 0 Å². The van der Waals surface area contributed by atoms with Crippen molar-refractivity contribution in [3.05, 3.63) is 48.2 Å². The Bertz CT molecular complexity index is 493. The van der Waals surface area contributed by atoms with Crippen molar-refractivity contribution in [1.82, 2.24) is 4.98 Å². The van der Waals surface area contributed by atoms with Crippen molar-refractivity contribution in [2.45, 2.75) is 25.2 Å². The molecule has 0 spiro atoms. The van der Waals surface area contributed by atoms with Gasteiger partial charge in [0.1, 0.15) is 0 Å². The molecule has 0 fully saturated rings. The summed E-state index contributed by atoms with van der Waals surface area (Å²) in [5, 5.41) is 1.30. The predicted octanol–water partition coefficient (Wildman–Crippen LogP) is 3.99. The second-order valence-corrected chi connectivity index (χ2v) is 4.29. The van der Waals surface area contributed by atoms with Crippen molar-refractivity contribution in [1.29, 1.82) is 0 Å². The van der Waals surface area contributed by atoms with Gasteiger partial charge >= 0.3 is 0 Å². The summed E-state index contributed by atoms with van der Waals surface area (Å²) in [5.74, 6) is 0.631. The quantitative estimate of drug-likeness (QED) is 0.665. The number of allylic oxidation sites excluding steroid dienone is 2. The first-order chi connectivity index (χ1) is 7.43. The lowest BCUT2D eigenvalue weighted by atomic mass is 9.89. The molecule has 0 saturated carbocycles. The van der Waals surface area contributed by atoms with Gasteiger partial charge in [0.25, 0.3) is 0 Å². The molecule has 1 heteroatoms. The summed E-state index contributed by atoms with van der Waals surface area (Å²) < 4.78 is 0. The lowest BCUT2D eigenvalue weighted by molar-refractivity contribution is 0.655. The maximum Gasteiger partial charge on any atom is 0.0456 e. The van der Waals surface area contributed by atoms with E-state index in [1.165, 1.54) is 35.7 Å². The lowest BCUT2D eigenvalue weighted by Crippen LogP contribution is -1.98. The molecule has 1 N–H and O–H groups in total. The zero-order valence-corrected chi connectivity index (χ0v) is 8.74. The number of aromatic amines is 1. The van der Waals surface area contributed by atoms with Crippen LogP contribution in [0.3, 0.4) is 0 Å². The smallest absolute Gasteiger partial charge is 0.0456 e. The Labute approximate surface area is 89.8 Å². The molecule has 3 rings (SSSR count). The van der Waals surface area contributed by atoms with Gasteiger partial charge in [-0.05, 0) is 42.3 Å². The summed E-state index contributed by atoms with van der Waals surface area (Å²) in [4.78, 5) is 3.27. The standard InChI is InChI=1S/C14H15N/c1-2-4-11(5-3-1)13-7-6-12-8-9-15-14(12)10-13/h2,4,6-11,15H,1,3,5H2. The molecule has 0 saturated heterocycles. The van der Waals surface area contributed by atoms with E-state index in [0.29, 0.717) is 5.92 Å². The number of aromatic nitrogens is 1. The van der Waals surface area contributed by atoms with Crippen LogP contribution in [0.15, 0.2) is 42.6 Å². The van der Waals surface area contributed by atoms with Crippen LogP contribution in [-0.4, -0.2) is 4.98 Å². The molecule has 15 heavy (non-hydrogen) atoms. The van der Waals surface area contributed by atoms with Gasteiger partial charge in [-0.2, -0.15) is 0 Å². The van der Waals surface area contributed by atoms with Crippen LogP contribution in [0.5, 0.6) is 0 Å². The Balaban J connectivity index is 2.02. The van der Waals surface area contributed by atoms with Gasteiger partial charge in [0.05, 0.1) is 0 Å². The van der Waals surface area contributed by atoms with Gasteiger partial charge in [0, 0.05) is 17.6 Å². The molecule has 1 aliphatic carbocycles. The first-order valence-electron chi connectivity index (χ1n) is 5.67. The van der Waals surface area contributed by atoms with Gasteiger partial charge in [0.15, 0.2) is 0 Å². The molecular weight excluding hydrogens is 182 g/mol. The second-order valence-electron chi connectivity index (χ2n) is 4.29. The monoisotopic (exact) mass is 197 g/mol. The van der Waals surface area contributed by atoms with E-state index in [4.69, 9.17) is 0 Å². The fraction of sp³-hybridized carbons (Fsp3) is 0.286. The van der Waals surface area contributed by atoms with E-state index < -0.39 is 0 Å². The van der Waals surface area contributed by atoms with Gasteiger partial charge in [0.2, 0.25) is 0 Å². The van der Waals surface area contributed by atoms with Crippen LogP contribution in [0.1, 0.15) is 30.7 Å². The summed E-state index contributed by atoms with van der Waals surface area (Å²) >= 11 is 0. The third-order valence-electron chi connectivity index (χ3n) is 3.26. The minimum atomic E-state index is 0.631. The molecular formula is C14H15N. The molecule has 76 valence electrons. The number of hydrogen-bond donors (Lipinski definition) is 1. The third-order valence-corrected chi connectivity index (χ3v) is 3.26. The van der Waals surface area contributed by atoms with E-state index in [-0.39, 0.29) is 0 Å². The molecule has 1 heterocycles. The van der Waals surface area contributed by atoms with Crippen LogP contribution < -0.4 is 0 Å². The summed E-state index contributed by atoms with van der Waals surface area (Å²) in [6.07, 6.45) is 10.5. The molecule has 2 aromatic rings. The minimum absolute atomic E-state index is 0.631. The zero-order valence-electron chi connectivity index (χ0n) is 8.74. The highest BCUT2D eigenvalue weighted by molar-refractivity contribution is 5.80. The first-order valence-corrected chi connectivity index (χ1v) is 5.67. The highest BCUT2D eigenvalue weighted by atomic mass is 14.7. The van der Waals surface area contributed by atoms with Crippen molar-refractivity contribution in [3.63, 3.8) is 0 Å². The van der Waals surface area contributed by atoms with Crippen LogP contribution in [0, 0.1) is 0 Å². The molecule has 0 amide bonds. The van der Waals surface area contributed by atoms with Crippen molar-refractivity contribution in [3.8, 4) is 0 Å². The lowest BCUT2D eigenvalue weighted by Gasteiger charge is -2.16. The normalized spacial score (nSPS) is 20.9. The number of hydrogen-bond acceptors (Lipinski definition) is 0. The maximum absolute atomic E-state index is 3.27. The van der Waals surface area contributed by atoms with E-state index in [2.05, 4.69) is 41.4 Å². The van der Waals surface area contributed by atoms with Gasteiger partial charge in [-0.15, -0.1) is 0 Å². The van der Waals surface area contributed by atoms with Crippen LogP contribution in [0.25, 0.3) is 10.9 Å². The fourth-order valence-corrected chi connectivity index (χ4v) is 2.39. The number of nitrogens with one attached hydrogen (secondary N) is 1. The van der Waals surface area contributed by atoms with Crippen molar-refractivity contribution in [2.75, 3.05) is 0 Å². The summed E-state index contributed by atoms with van der Waals surface area (Å²) in [6.45, 7) is 0. The summed E-state index contributed by atoms with van der Waals surface area (Å²) in [5.41, 5.74) is 2.70. The number of H-pyrrole nitrogens is 1. The Hall–Kier alpha value is -1.50.